The number of hydrogen-bond acceptors (Lipinski definition) is 3. The van der Waals surface area contributed by atoms with E-state index in [1.54, 1.807) is 0 Å². The van der Waals surface area contributed by atoms with Gasteiger partial charge in [-0.05, 0) is 32.1 Å². The monoisotopic (exact) mass is 198 g/mol. The molecule has 4 atom stereocenters. The summed E-state index contributed by atoms with van der Waals surface area (Å²) in [6, 6.07) is 0.916. The molecule has 1 aliphatic carbocycles. The molecule has 0 amide bonds. The zero-order valence-corrected chi connectivity index (χ0v) is 8.73. The van der Waals surface area contributed by atoms with Crippen LogP contribution in [-0.2, 0) is 4.79 Å². The van der Waals surface area contributed by atoms with Crippen molar-refractivity contribution in [2.24, 2.45) is 11.8 Å². The van der Waals surface area contributed by atoms with Gasteiger partial charge in [0, 0.05) is 19.1 Å². The third kappa shape index (κ3) is 1.53. The van der Waals surface area contributed by atoms with E-state index in [-0.39, 0.29) is 5.92 Å². The standard InChI is InChI=1S/C10H18N2O2/c1-6-8-4-3-7(10(13)14)5-9(8)11-12(6)2/h6-9,11H,3-5H2,1-2H3,(H,13,14). The molecule has 0 aromatic heterocycles. The van der Waals surface area contributed by atoms with E-state index in [4.69, 9.17) is 5.11 Å². The van der Waals surface area contributed by atoms with Gasteiger partial charge in [0.15, 0.2) is 0 Å². The lowest BCUT2D eigenvalue weighted by Gasteiger charge is -2.29. The zero-order valence-electron chi connectivity index (χ0n) is 8.73. The van der Waals surface area contributed by atoms with E-state index in [1.807, 2.05) is 7.05 Å². The Bertz CT molecular complexity index is 244. The van der Waals surface area contributed by atoms with Crippen molar-refractivity contribution in [3.05, 3.63) is 0 Å². The van der Waals surface area contributed by atoms with Crippen molar-refractivity contribution >= 4 is 5.97 Å². The number of fused-ring (bicyclic) bond motifs is 1. The summed E-state index contributed by atoms with van der Waals surface area (Å²) < 4.78 is 0. The maximum atomic E-state index is 10.9. The lowest BCUT2D eigenvalue weighted by Crippen LogP contribution is -2.38. The first-order valence-electron chi connectivity index (χ1n) is 5.31. The lowest BCUT2D eigenvalue weighted by atomic mass is 9.77. The molecule has 4 heteroatoms. The van der Waals surface area contributed by atoms with Crippen molar-refractivity contribution < 1.29 is 9.90 Å². The van der Waals surface area contributed by atoms with Crippen LogP contribution in [0.3, 0.4) is 0 Å². The van der Waals surface area contributed by atoms with E-state index >= 15 is 0 Å². The minimum Gasteiger partial charge on any atom is -0.481 e. The number of aliphatic carboxylic acids is 1. The van der Waals surface area contributed by atoms with Gasteiger partial charge in [-0.1, -0.05) is 0 Å². The van der Waals surface area contributed by atoms with Gasteiger partial charge in [-0.25, -0.2) is 5.01 Å². The number of hydrogen-bond donors (Lipinski definition) is 2. The largest absolute Gasteiger partial charge is 0.481 e. The third-order valence-corrected chi connectivity index (χ3v) is 3.85. The van der Waals surface area contributed by atoms with E-state index in [1.165, 1.54) is 0 Å². The fourth-order valence-electron chi connectivity index (χ4n) is 2.81. The van der Waals surface area contributed by atoms with E-state index in [0.717, 1.165) is 19.3 Å². The molecule has 0 radical (unpaired) electrons. The summed E-state index contributed by atoms with van der Waals surface area (Å²) in [4.78, 5) is 10.9. The van der Waals surface area contributed by atoms with Crippen LogP contribution in [0.1, 0.15) is 26.2 Å². The van der Waals surface area contributed by atoms with Crippen molar-refractivity contribution in [1.29, 1.82) is 0 Å². The van der Waals surface area contributed by atoms with Crippen LogP contribution in [-0.4, -0.2) is 35.2 Å². The Morgan fingerprint density at radius 2 is 2.21 bits per heavy atom. The normalized spacial score (nSPS) is 43.6. The Hall–Kier alpha value is -0.610. The zero-order chi connectivity index (χ0) is 10.3. The minimum absolute atomic E-state index is 0.137. The average Bonchev–Trinajstić information content (AvgIpc) is 2.42. The van der Waals surface area contributed by atoms with Gasteiger partial charge in [-0.2, -0.15) is 0 Å². The van der Waals surface area contributed by atoms with Gasteiger partial charge in [-0.3, -0.25) is 10.2 Å². The number of carboxylic acid groups (broad SMARTS) is 1. The molecular formula is C10H18N2O2. The van der Waals surface area contributed by atoms with Crippen LogP contribution < -0.4 is 5.43 Å². The van der Waals surface area contributed by atoms with Gasteiger partial charge in [0.1, 0.15) is 0 Å². The maximum absolute atomic E-state index is 10.9. The number of hydrazine groups is 1. The van der Waals surface area contributed by atoms with Gasteiger partial charge < -0.3 is 5.11 Å². The predicted octanol–water partition coefficient (Wildman–Crippen LogP) is 0.694. The molecule has 0 aromatic carbocycles. The first-order chi connectivity index (χ1) is 6.59. The number of carbonyl (C=O) groups is 1. The first-order valence-corrected chi connectivity index (χ1v) is 5.31. The number of rotatable bonds is 1. The van der Waals surface area contributed by atoms with Crippen LogP contribution >= 0.6 is 0 Å². The Morgan fingerprint density at radius 3 is 2.86 bits per heavy atom. The molecule has 4 nitrogen and oxygen atoms in total. The van der Waals surface area contributed by atoms with Crippen molar-refractivity contribution in [1.82, 2.24) is 10.4 Å². The molecule has 2 rings (SSSR count). The maximum Gasteiger partial charge on any atom is 0.306 e. The van der Waals surface area contributed by atoms with Crippen LogP contribution in [0.15, 0.2) is 0 Å². The van der Waals surface area contributed by atoms with E-state index in [2.05, 4.69) is 17.4 Å². The van der Waals surface area contributed by atoms with Crippen molar-refractivity contribution in [2.75, 3.05) is 7.05 Å². The smallest absolute Gasteiger partial charge is 0.306 e. The molecule has 1 saturated carbocycles. The highest BCUT2D eigenvalue weighted by Gasteiger charge is 2.42. The van der Waals surface area contributed by atoms with Crippen LogP contribution in [0.25, 0.3) is 0 Å². The van der Waals surface area contributed by atoms with Gasteiger partial charge >= 0.3 is 5.97 Å². The van der Waals surface area contributed by atoms with Crippen LogP contribution in [0.4, 0.5) is 0 Å². The van der Waals surface area contributed by atoms with E-state index < -0.39 is 5.97 Å². The molecular weight excluding hydrogens is 180 g/mol. The number of nitrogens with one attached hydrogen (secondary N) is 1. The fraction of sp³-hybridized carbons (Fsp3) is 0.900. The van der Waals surface area contributed by atoms with Gasteiger partial charge in [0.05, 0.1) is 5.92 Å². The van der Waals surface area contributed by atoms with Crippen LogP contribution in [0.2, 0.25) is 0 Å². The molecule has 1 aliphatic heterocycles. The first kappa shape index (κ1) is 9.93. The molecule has 4 unspecified atom stereocenters. The minimum atomic E-state index is -0.632. The van der Waals surface area contributed by atoms with Gasteiger partial charge in [-0.15, -0.1) is 0 Å². The summed E-state index contributed by atoms with van der Waals surface area (Å²) in [7, 11) is 2.04. The van der Waals surface area contributed by atoms with Crippen LogP contribution in [0.5, 0.6) is 0 Å². The highest BCUT2D eigenvalue weighted by atomic mass is 16.4. The third-order valence-electron chi connectivity index (χ3n) is 3.85. The molecule has 0 aromatic rings. The summed E-state index contributed by atoms with van der Waals surface area (Å²) in [5, 5.41) is 11.1. The molecule has 0 spiro atoms. The van der Waals surface area contributed by atoms with Crippen molar-refractivity contribution in [3.63, 3.8) is 0 Å². The van der Waals surface area contributed by atoms with Crippen molar-refractivity contribution in [3.8, 4) is 0 Å². The number of nitrogens with zero attached hydrogens (tertiary/aromatic N) is 1. The van der Waals surface area contributed by atoms with E-state index in [0.29, 0.717) is 18.0 Å². The Labute approximate surface area is 84.2 Å². The molecule has 1 heterocycles. The topological polar surface area (TPSA) is 52.6 Å². The van der Waals surface area contributed by atoms with Gasteiger partial charge in [0.25, 0.3) is 0 Å². The number of carboxylic acids is 1. The van der Waals surface area contributed by atoms with Gasteiger partial charge in [0.2, 0.25) is 0 Å². The van der Waals surface area contributed by atoms with Crippen molar-refractivity contribution in [2.45, 2.75) is 38.3 Å². The summed E-state index contributed by atoms with van der Waals surface area (Å²) in [5.41, 5.74) is 3.36. The fourth-order valence-corrected chi connectivity index (χ4v) is 2.81. The quantitative estimate of drug-likeness (QED) is 0.651. The lowest BCUT2D eigenvalue weighted by molar-refractivity contribution is -0.143. The molecule has 14 heavy (non-hydrogen) atoms. The highest BCUT2D eigenvalue weighted by molar-refractivity contribution is 5.70. The average molecular weight is 198 g/mol. The Morgan fingerprint density at radius 1 is 1.50 bits per heavy atom. The van der Waals surface area contributed by atoms with Crippen LogP contribution in [0, 0.1) is 11.8 Å². The molecule has 2 N–H and O–H groups in total. The summed E-state index contributed by atoms with van der Waals surface area (Å²) in [5.74, 6) is -0.134. The second-order valence-electron chi connectivity index (χ2n) is 4.60. The SMILES string of the molecule is CC1C2CCC(C(=O)O)CC2NN1C. The second-order valence-corrected chi connectivity index (χ2v) is 4.60. The highest BCUT2D eigenvalue weighted by Crippen LogP contribution is 2.36. The summed E-state index contributed by atoms with van der Waals surface area (Å²) in [6.07, 6.45) is 2.67. The Kier molecular flexibility index (Phi) is 2.49. The summed E-state index contributed by atoms with van der Waals surface area (Å²) in [6.45, 7) is 2.21. The Balaban J connectivity index is 2.02. The summed E-state index contributed by atoms with van der Waals surface area (Å²) >= 11 is 0. The predicted molar refractivity (Wildman–Crippen MR) is 52.6 cm³/mol. The second kappa shape index (κ2) is 3.51. The van der Waals surface area contributed by atoms with E-state index in [9.17, 15) is 4.79 Å². The molecule has 2 fully saturated rings. The molecule has 0 bridgehead atoms. The molecule has 2 aliphatic rings. The molecule has 1 saturated heterocycles. The molecule has 80 valence electrons.